The molecule has 0 amide bonds. The van der Waals surface area contributed by atoms with Crippen LogP contribution in [0.15, 0.2) is 18.2 Å². The van der Waals surface area contributed by atoms with Gasteiger partial charge < -0.3 is 4.90 Å². The van der Waals surface area contributed by atoms with Crippen molar-refractivity contribution in [3.63, 3.8) is 0 Å². The number of fused-ring (bicyclic) bond motifs is 1. The first-order valence-corrected chi connectivity index (χ1v) is 7.09. The van der Waals surface area contributed by atoms with Crippen molar-refractivity contribution in [2.24, 2.45) is 5.41 Å². The summed E-state index contributed by atoms with van der Waals surface area (Å²) in [6, 6.07) is 6.25. The van der Waals surface area contributed by atoms with Crippen molar-refractivity contribution >= 4 is 23.2 Å². The lowest BCUT2D eigenvalue weighted by Crippen LogP contribution is -2.33. The van der Waals surface area contributed by atoms with Gasteiger partial charge in [0, 0.05) is 12.0 Å². The quantitative estimate of drug-likeness (QED) is 0.750. The smallest absolute Gasteiger partial charge is 0.0595 e. The molecule has 1 saturated carbocycles. The van der Waals surface area contributed by atoms with Crippen LogP contribution in [0, 0.1) is 5.41 Å². The second-order valence-corrected chi connectivity index (χ2v) is 6.76. The lowest BCUT2D eigenvalue weighted by Gasteiger charge is -2.30. The second-order valence-electron chi connectivity index (χ2n) is 5.94. The Morgan fingerprint density at radius 3 is 2.71 bits per heavy atom. The topological polar surface area (TPSA) is 3.24 Å². The molecular weight excluding hydrogens is 253 g/mol. The predicted octanol–water partition coefficient (Wildman–Crippen LogP) is 3.73. The van der Waals surface area contributed by atoms with Gasteiger partial charge in [-0.25, -0.2) is 0 Å². The van der Waals surface area contributed by atoms with Gasteiger partial charge in [-0.1, -0.05) is 29.3 Å². The monoisotopic (exact) mass is 267 g/mol. The van der Waals surface area contributed by atoms with E-state index in [0.29, 0.717) is 20.9 Å². The van der Waals surface area contributed by atoms with Crippen LogP contribution in [-0.2, 0) is 5.41 Å². The zero-order valence-electron chi connectivity index (χ0n) is 9.68. The predicted molar refractivity (Wildman–Crippen MR) is 70.9 cm³/mol. The van der Waals surface area contributed by atoms with E-state index in [9.17, 15) is 0 Å². The molecule has 0 N–H and O–H groups in total. The molecule has 1 aromatic rings. The number of hydrogen-bond acceptors (Lipinski definition) is 1. The maximum atomic E-state index is 6.17. The van der Waals surface area contributed by atoms with Crippen molar-refractivity contribution in [3.05, 3.63) is 33.8 Å². The molecule has 1 aromatic carbocycles. The first-order valence-electron chi connectivity index (χ1n) is 6.33. The highest BCUT2D eigenvalue weighted by molar-refractivity contribution is 6.42. The third-order valence-corrected chi connectivity index (χ3v) is 6.03. The molecule has 1 unspecified atom stereocenters. The summed E-state index contributed by atoms with van der Waals surface area (Å²) in [6.45, 7) is 3.85. The second kappa shape index (κ2) is 3.20. The summed E-state index contributed by atoms with van der Waals surface area (Å²) in [5.74, 6) is 0. The Labute approximate surface area is 112 Å². The summed E-state index contributed by atoms with van der Waals surface area (Å²) < 4.78 is 0. The summed E-state index contributed by atoms with van der Waals surface area (Å²) in [7, 11) is 0. The van der Waals surface area contributed by atoms with Crippen LogP contribution in [0.2, 0.25) is 10.0 Å². The molecule has 1 nitrogen and oxygen atoms in total. The van der Waals surface area contributed by atoms with Gasteiger partial charge in [-0.15, -0.1) is 0 Å². The number of hydrogen-bond donors (Lipinski definition) is 0. The first kappa shape index (κ1) is 10.7. The molecule has 3 atom stereocenters. The average molecular weight is 268 g/mol. The Balaban J connectivity index is 1.78. The SMILES string of the molecule is Clc1ccc([C@]23CCN4CC[C@]2(C4)C3)cc1Cl. The highest BCUT2D eigenvalue weighted by Gasteiger charge is 2.71. The van der Waals surface area contributed by atoms with Gasteiger partial charge in [0.05, 0.1) is 10.0 Å². The highest BCUT2D eigenvalue weighted by Crippen LogP contribution is 2.72. The summed E-state index contributed by atoms with van der Waals surface area (Å²) in [5, 5.41) is 1.38. The normalized spacial score (nSPS) is 42.4. The van der Waals surface area contributed by atoms with Crippen LogP contribution in [0.4, 0.5) is 0 Å². The number of nitrogens with zero attached hydrogens (tertiary/aromatic N) is 1. The van der Waals surface area contributed by atoms with Crippen LogP contribution >= 0.6 is 23.2 Å². The standard InChI is InChI=1S/C14H15Cl2N/c15-11-2-1-10(7-12(11)16)14-4-6-17-5-3-13(14,8-14)9-17/h1-2,7H,3-6,8-9H2/t13-,14-/m1/s1. The Kier molecular flexibility index (Phi) is 2.01. The minimum Gasteiger partial charge on any atom is -0.303 e. The molecular formula is C14H15Cl2N. The van der Waals surface area contributed by atoms with Gasteiger partial charge in [0.25, 0.3) is 0 Å². The lowest BCUT2D eigenvalue weighted by atomic mass is 9.81. The molecule has 1 spiro atoms. The molecule has 3 heteroatoms. The van der Waals surface area contributed by atoms with Gasteiger partial charge in [-0.3, -0.25) is 0 Å². The molecule has 2 saturated heterocycles. The van der Waals surface area contributed by atoms with Crippen LogP contribution in [-0.4, -0.2) is 24.5 Å². The van der Waals surface area contributed by atoms with Crippen LogP contribution in [0.1, 0.15) is 24.8 Å². The molecule has 4 rings (SSSR count). The Hall–Kier alpha value is -0.240. The van der Waals surface area contributed by atoms with Crippen molar-refractivity contribution in [2.45, 2.75) is 24.7 Å². The summed E-state index contributed by atoms with van der Waals surface area (Å²) >= 11 is 12.2. The molecule has 2 aliphatic heterocycles. The average Bonchev–Trinajstić information content (AvgIpc) is 2.85. The van der Waals surface area contributed by atoms with Crippen molar-refractivity contribution in [2.75, 3.05) is 19.6 Å². The largest absolute Gasteiger partial charge is 0.303 e. The fraction of sp³-hybridized carbons (Fsp3) is 0.571. The maximum absolute atomic E-state index is 6.17. The van der Waals surface area contributed by atoms with E-state index in [-0.39, 0.29) is 0 Å². The van der Waals surface area contributed by atoms with E-state index < -0.39 is 0 Å². The van der Waals surface area contributed by atoms with E-state index in [1.54, 1.807) is 0 Å². The highest BCUT2D eigenvalue weighted by atomic mass is 35.5. The maximum Gasteiger partial charge on any atom is 0.0595 e. The molecule has 1 aliphatic carbocycles. The lowest BCUT2D eigenvalue weighted by molar-refractivity contribution is 0.244. The fourth-order valence-corrected chi connectivity index (χ4v) is 4.56. The van der Waals surface area contributed by atoms with E-state index >= 15 is 0 Å². The van der Waals surface area contributed by atoms with E-state index in [4.69, 9.17) is 23.2 Å². The van der Waals surface area contributed by atoms with Crippen molar-refractivity contribution < 1.29 is 0 Å². The summed E-state index contributed by atoms with van der Waals surface area (Å²) in [5.41, 5.74) is 2.42. The van der Waals surface area contributed by atoms with Crippen LogP contribution in [0.5, 0.6) is 0 Å². The van der Waals surface area contributed by atoms with Gasteiger partial charge in [0.2, 0.25) is 0 Å². The minimum absolute atomic E-state index is 0.425. The van der Waals surface area contributed by atoms with Gasteiger partial charge in [0.1, 0.15) is 0 Å². The van der Waals surface area contributed by atoms with Crippen molar-refractivity contribution in [3.8, 4) is 0 Å². The number of benzene rings is 1. The van der Waals surface area contributed by atoms with E-state index in [0.717, 1.165) is 0 Å². The number of rotatable bonds is 1. The van der Waals surface area contributed by atoms with Gasteiger partial charge in [-0.05, 0) is 55.5 Å². The first-order chi connectivity index (χ1) is 8.15. The molecule has 3 aliphatic rings. The van der Waals surface area contributed by atoms with Crippen LogP contribution < -0.4 is 0 Å². The third kappa shape index (κ3) is 1.26. The minimum atomic E-state index is 0.425. The Bertz CT molecular complexity index is 497. The molecule has 2 heterocycles. The van der Waals surface area contributed by atoms with Crippen LogP contribution in [0.3, 0.4) is 0 Å². The molecule has 3 fully saturated rings. The van der Waals surface area contributed by atoms with Crippen molar-refractivity contribution in [1.82, 2.24) is 4.90 Å². The zero-order chi connectivity index (χ0) is 11.7. The Morgan fingerprint density at radius 2 is 1.88 bits per heavy atom. The summed E-state index contributed by atoms with van der Waals surface area (Å²) in [4.78, 5) is 2.61. The molecule has 0 radical (unpaired) electrons. The van der Waals surface area contributed by atoms with E-state index in [1.807, 2.05) is 6.07 Å². The van der Waals surface area contributed by atoms with Gasteiger partial charge in [0.15, 0.2) is 0 Å². The third-order valence-electron chi connectivity index (χ3n) is 5.29. The molecule has 0 aromatic heterocycles. The number of halogens is 2. The molecule has 90 valence electrons. The van der Waals surface area contributed by atoms with Crippen molar-refractivity contribution in [1.29, 1.82) is 0 Å². The van der Waals surface area contributed by atoms with E-state index in [2.05, 4.69) is 17.0 Å². The summed E-state index contributed by atoms with van der Waals surface area (Å²) in [6.07, 6.45) is 4.02. The molecule has 17 heavy (non-hydrogen) atoms. The van der Waals surface area contributed by atoms with Crippen LogP contribution in [0.25, 0.3) is 0 Å². The Morgan fingerprint density at radius 1 is 1.06 bits per heavy atom. The zero-order valence-corrected chi connectivity index (χ0v) is 11.2. The van der Waals surface area contributed by atoms with Gasteiger partial charge in [-0.2, -0.15) is 0 Å². The molecule has 2 bridgehead atoms. The number of piperidine rings is 1. The van der Waals surface area contributed by atoms with Gasteiger partial charge >= 0.3 is 0 Å². The van der Waals surface area contributed by atoms with E-state index in [1.165, 1.54) is 44.5 Å². The fourth-order valence-electron chi connectivity index (χ4n) is 4.27.